The molecule has 0 aliphatic heterocycles. The summed E-state index contributed by atoms with van der Waals surface area (Å²) in [6.07, 6.45) is -4.77. The topological polar surface area (TPSA) is 39.4 Å². The third-order valence-electron chi connectivity index (χ3n) is 2.64. The number of benzene rings is 1. The second-order valence-electron chi connectivity index (χ2n) is 4.00. The zero-order valence-electron chi connectivity index (χ0n) is 10.0. The fourth-order valence-corrected chi connectivity index (χ4v) is 1.89. The monoisotopic (exact) mass is 279 g/mol. The van der Waals surface area contributed by atoms with Crippen molar-refractivity contribution in [2.45, 2.75) is 6.36 Å². The number of halogens is 3. The number of ether oxygens (including phenoxy) is 1. The Kier molecular flexibility index (Phi) is 2.81. The maximum absolute atomic E-state index is 12.4. The fraction of sp³-hybridized carbons (Fsp3) is 0.0769. The summed E-state index contributed by atoms with van der Waals surface area (Å²) in [5.41, 5.74) is 0.934. The first-order valence-corrected chi connectivity index (χ1v) is 5.70. The fourth-order valence-electron chi connectivity index (χ4n) is 1.89. The van der Waals surface area contributed by atoms with E-state index in [0.717, 1.165) is 0 Å². The lowest BCUT2D eigenvalue weighted by Gasteiger charge is -2.11. The lowest BCUT2D eigenvalue weighted by Crippen LogP contribution is -2.19. The van der Waals surface area contributed by atoms with Crippen molar-refractivity contribution in [3.8, 4) is 17.3 Å². The van der Waals surface area contributed by atoms with Crippen molar-refractivity contribution in [1.29, 1.82) is 0 Å². The summed E-state index contributed by atoms with van der Waals surface area (Å²) < 4.78 is 42.5. The van der Waals surface area contributed by atoms with Gasteiger partial charge in [0.15, 0.2) is 11.5 Å². The maximum atomic E-state index is 12.4. The highest BCUT2D eigenvalue weighted by atomic mass is 19.4. The number of rotatable bonds is 2. The Bertz CT molecular complexity index is 737. The molecule has 4 nitrogen and oxygen atoms in total. The van der Waals surface area contributed by atoms with Gasteiger partial charge in [0.2, 0.25) is 5.88 Å². The van der Waals surface area contributed by atoms with Gasteiger partial charge in [-0.2, -0.15) is 0 Å². The molecule has 0 saturated carbocycles. The summed E-state index contributed by atoms with van der Waals surface area (Å²) in [6.45, 7) is 0. The van der Waals surface area contributed by atoms with Gasteiger partial charge in [0.05, 0.1) is 0 Å². The number of nitrogens with zero attached hydrogens (tertiary/aromatic N) is 3. The first kappa shape index (κ1) is 12.5. The molecule has 0 saturated heterocycles. The van der Waals surface area contributed by atoms with Crippen molar-refractivity contribution in [3.05, 3.63) is 48.5 Å². The molecule has 1 aromatic carbocycles. The number of hydrogen-bond acceptors (Lipinski definition) is 3. The Morgan fingerprint density at radius 1 is 0.900 bits per heavy atom. The Balaban J connectivity index is 2.20. The molecule has 2 heterocycles. The van der Waals surface area contributed by atoms with Gasteiger partial charge in [0, 0.05) is 5.56 Å². The van der Waals surface area contributed by atoms with Crippen LogP contribution in [0.15, 0.2) is 48.5 Å². The highest BCUT2D eigenvalue weighted by molar-refractivity contribution is 5.60. The van der Waals surface area contributed by atoms with E-state index in [4.69, 9.17) is 0 Å². The van der Waals surface area contributed by atoms with E-state index < -0.39 is 6.36 Å². The van der Waals surface area contributed by atoms with Crippen LogP contribution in [0.3, 0.4) is 0 Å². The molecule has 2 aromatic heterocycles. The quantitative estimate of drug-likeness (QED) is 0.722. The van der Waals surface area contributed by atoms with Gasteiger partial charge in [-0.25, -0.2) is 4.40 Å². The molecule has 20 heavy (non-hydrogen) atoms. The third-order valence-corrected chi connectivity index (χ3v) is 2.64. The second kappa shape index (κ2) is 4.52. The lowest BCUT2D eigenvalue weighted by atomic mass is 10.2. The van der Waals surface area contributed by atoms with Crippen LogP contribution < -0.4 is 4.74 Å². The summed E-state index contributed by atoms with van der Waals surface area (Å²) in [6, 6.07) is 13.0. The first-order chi connectivity index (χ1) is 9.54. The maximum Gasteiger partial charge on any atom is 0.574 e. The van der Waals surface area contributed by atoms with Crippen molar-refractivity contribution < 1.29 is 17.9 Å². The van der Waals surface area contributed by atoms with Crippen LogP contribution in [0.2, 0.25) is 0 Å². The minimum absolute atomic E-state index is 0.283. The molecule has 0 aliphatic rings. The minimum Gasteiger partial charge on any atom is -0.389 e. The van der Waals surface area contributed by atoms with Crippen molar-refractivity contribution in [2.24, 2.45) is 0 Å². The average molecular weight is 279 g/mol. The van der Waals surface area contributed by atoms with Crippen molar-refractivity contribution in [1.82, 2.24) is 14.6 Å². The van der Waals surface area contributed by atoms with Gasteiger partial charge in [0.25, 0.3) is 0 Å². The molecule has 0 spiro atoms. The molecule has 0 amide bonds. The van der Waals surface area contributed by atoms with Crippen molar-refractivity contribution >= 4 is 5.65 Å². The number of pyridine rings is 1. The molecule has 0 fully saturated rings. The van der Waals surface area contributed by atoms with Crippen LogP contribution in [0, 0.1) is 0 Å². The average Bonchev–Trinajstić information content (AvgIpc) is 2.83. The van der Waals surface area contributed by atoms with E-state index in [0.29, 0.717) is 11.4 Å². The summed E-state index contributed by atoms with van der Waals surface area (Å²) in [4.78, 5) is 0. The largest absolute Gasteiger partial charge is 0.574 e. The summed E-state index contributed by atoms with van der Waals surface area (Å²) >= 11 is 0. The van der Waals surface area contributed by atoms with Gasteiger partial charge in [-0.3, -0.25) is 0 Å². The van der Waals surface area contributed by atoms with Gasteiger partial charge in [-0.1, -0.05) is 36.4 Å². The zero-order valence-corrected chi connectivity index (χ0v) is 10.0. The standard InChI is InChI=1S/C13H8F3N3O/c14-13(15,16)20-11-8-4-7-10-17-18-12(19(10)11)9-5-2-1-3-6-9/h1-8H. The zero-order chi connectivity index (χ0) is 14.2. The van der Waals surface area contributed by atoms with E-state index in [1.807, 2.05) is 0 Å². The molecule has 0 bridgehead atoms. The van der Waals surface area contributed by atoms with Crippen LogP contribution >= 0.6 is 0 Å². The Morgan fingerprint density at radius 2 is 1.65 bits per heavy atom. The normalized spacial score (nSPS) is 11.8. The van der Waals surface area contributed by atoms with Crippen LogP contribution in [0.4, 0.5) is 13.2 Å². The van der Waals surface area contributed by atoms with Gasteiger partial charge < -0.3 is 4.74 Å². The van der Waals surface area contributed by atoms with Crippen molar-refractivity contribution in [3.63, 3.8) is 0 Å². The number of aromatic nitrogens is 3. The third kappa shape index (κ3) is 2.29. The highest BCUT2D eigenvalue weighted by Gasteiger charge is 2.32. The van der Waals surface area contributed by atoms with Gasteiger partial charge >= 0.3 is 6.36 Å². The molecule has 3 aromatic rings. The molecule has 7 heteroatoms. The molecule has 0 unspecified atom stereocenters. The predicted molar refractivity (Wildman–Crippen MR) is 65.1 cm³/mol. The molecular formula is C13H8F3N3O. The Labute approximate surface area is 111 Å². The summed E-state index contributed by atoms with van der Waals surface area (Å²) in [5.74, 6) is -0.0840. The van der Waals surface area contributed by atoms with Crippen LogP contribution in [-0.4, -0.2) is 21.0 Å². The number of alkyl halides is 3. The lowest BCUT2D eigenvalue weighted by molar-refractivity contribution is -0.276. The summed E-state index contributed by atoms with van der Waals surface area (Å²) in [7, 11) is 0. The van der Waals surface area contributed by atoms with E-state index in [1.165, 1.54) is 16.5 Å². The molecular weight excluding hydrogens is 271 g/mol. The van der Waals surface area contributed by atoms with E-state index in [9.17, 15) is 13.2 Å². The number of fused-ring (bicyclic) bond motifs is 1. The van der Waals surface area contributed by atoms with E-state index in [-0.39, 0.29) is 11.5 Å². The minimum atomic E-state index is -4.77. The molecule has 0 radical (unpaired) electrons. The highest BCUT2D eigenvalue weighted by Crippen LogP contribution is 2.27. The smallest absolute Gasteiger partial charge is 0.389 e. The molecule has 3 rings (SSSR count). The predicted octanol–water partition coefficient (Wildman–Crippen LogP) is 3.29. The second-order valence-corrected chi connectivity index (χ2v) is 4.00. The van der Waals surface area contributed by atoms with Gasteiger partial charge in [-0.15, -0.1) is 23.4 Å². The Hall–Kier alpha value is -2.57. The number of hydrogen-bond donors (Lipinski definition) is 0. The van der Waals surface area contributed by atoms with Gasteiger partial charge in [-0.05, 0) is 12.1 Å². The van der Waals surface area contributed by atoms with Crippen LogP contribution in [0.5, 0.6) is 5.88 Å². The Morgan fingerprint density at radius 3 is 2.35 bits per heavy atom. The molecule has 0 N–H and O–H groups in total. The van der Waals surface area contributed by atoms with E-state index in [2.05, 4.69) is 14.9 Å². The van der Waals surface area contributed by atoms with Crippen molar-refractivity contribution in [2.75, 3.05) is 0 Å². The van der Waals surface area contributed by atoms with E-state index in [1.54, 1.807) is 36.4 Å². The first-order valence-electron chi connectivity index (χ1n) is 5.70. The molecule has 0 atom stereocenters. The van der Waals surface area contributed by atoms with Crippen LogP contribution in [0.1, 0.15) is 0 Å². The molecule has 0 aliphatic carbocycles. The molecule has 102 valence electrons. The van der Waals surface area contributed by atoms with Crippen LogP contribution in [0.25, 0.3) is 17.0 Å². The summed E-state index contributed by atoms with van der Waals surface area (Å²) in [5, 5.41) is 7.77. The van der Waals surface area contributed by atoms with Crippen LogP contribution in [-0.2, 0) is 0 Å². The van der Waals surface area contributed by atoms with Gasteiger partial charge in [0.1, 0.15) is 0 Å². The van der Waals surface area contributed by atoms with E-state index >= 15 is 0 Å². The SMILES string of the molecule is FC(F)(F)Oc1cccc2nnc(-c3ccccc3)n12.